The molecule has 21 heavy (non-hydrogen) atoms. The van der Waals surface area contributed by atoms with E-state index in [1.807, 2.05) is 0 Å². The summed E-state index contributed by atoms with van der Waals surface area (Å²) in [7, 11) is 0. The van der Waals surface area contributed by atoms with Crippen LogP contribution in [0.5, 0.6) is 0 Å². The first kappa shape index (κ1) is 16.8. The third-order valence-corrected chi connectivity index (χ3v) is 2.81. The van der Waals surface area contributed by atoms with E-state index in [0.717, 1.165) is 6.07 Å². The lowest BCUT2D eigenvalue weighted by Gasteiger charge is -2.15. The van der Waals surface area contributed by atoms with Crippen LogP contribution in [0.1, 0.15) is 24.5 Å². The van der Waals surface area contributed by atoms with Gasteiger partial charge in [-0.25, -0.2) is 9.59 Å². The van der Waals surface area contributed by atoms with Crippen molar-refractivity contribution < 1.29 is 27.9 Å². The predicted molar refractivity (Wildman–Crippen MR) is 70.1 cm³/mol. The van der Waals surface area contributed by atoms with Crippen molar-refractivity contribution in [1.29, 1.82) is 0 Å². The Labute approximate surface area is 119 Å². The highest BCUT2D eigenvalue weighted by Crippen LogP contribution is 2.33. The molecule has 0 aromatic heterocycles. The number of benzene rings is 1. The zero-order valence-electron chi connectivity index (χ0n) is 11.4. The van der Waals surface area contributed by atoms with Gasteiger partial charge in [-0.3, -0.25) is 0 Å². The van der Waals surface area contributed by atoms with Crippen LogP contribution in [0, 0.1) is 6.92 Å². The van der Waals surface area contributed by atoms with Crippen LogP contribution in [0.25, 0.3) is 0 Å². The Morgan fingerprint density at radius 2 is 1.95 bits per heavy atom. The normalized spacial score (nSPS) is 12.6. The molecule has 1 rings (SSSR count). The highest BCUT2D eigenvalue weighted by Gasteiger charge is 2.32. The first-order chi connectivity index (χ1) is 9.65. The van der Waals surface area contributed by atoms with Gasteiger partial charge in [0.2, 0.25) is 0 Å². The van der Waals surface area contributed by atoms with Gasteiger partial charge in [0.15, 0.2) is 0 Å². The lowest BCUT2D eigenvalue weighted by molar-refractivity contribution is -0.139. The molecule has 1 aromatic rings. The number of aryl methyl sites for hydroxylation is 1. The van der Waals surface area contributed by atoms with Gasteiger partial charge in [-0.1, -0.05) is 13.0 Å². The van der Waals surface area contributed by atoms with Crippen molar-refractivity contribution in [2.45, 2.75) is 32.5 Å². The van der Waals surface area contributed by atoms with Crippen molar-refractivity contribution in [3.63, 3.8) is 0 Å². The van der Waals surface area contributed by atoms with Crippen molar-refractivity contribution in [1.82, 2.24) is 5.32 Å². The van der Waals surface area contributed by atoms with Gasteiger partial charge in [0.25, 0.3) is 0 Å². The largest absolute Gasteiger partial charge is 0.480 e. The number of alkyl halides is 3. The number of hydrogen-bond acceptors (Lipinski definition) is 2. The number of carbonyl (C=O) groups is 2. The summed E-state index contributed by atoms with van der Waals surface area (Å²) >= 11 is 0. The van der Waals surface area contributed by atoms with Crippen molar-refractivity contribution in [3.05, 3.63) is 29.3 Å². The summed E-state index contributed by atoms with van der Waals surface area (Å²) in [4.78, 5) is 22.3. The molecular formula is C13H15F3N2O3. The van der Waals surface area contributed by atoms with Gasteiger partial charge < -0.3 is 15.7 Å². The fraction of sp³-hybridized carbons (Fsp3) is 0.385. The lowest BCUT2D eigenvalue weighted by atomic mass is 10.1. The molecule has 0 aliphatic carbocycles. The molecular weight excluding hydrogens is 289 g/mol. The Hall–Kier alpha value is -2.25. The topological polar surface area (TPSA) is 78.4 Å². The SMILES string of the molecule is CC[C@H](NC(=O)Nc1ccc(C)c(C(F)(F)F)c1)C(=O)O. The summed E-state index contributed by atoms with van der Waals surface area (Å²) < 4.78 is 38.2. The average Bonchev–Trinajstić information content (AvgIpc) is 2.36. The fourth-order valence-corrected chi connectivity index (χ4v) is 1.67. The van der Waals surface area contributed by atoms with E-state index < -0.39 is 29.8 Å². The molecule has 0 unspecified atom stereocenters. The minimum atomic E-state index is -4.52. The monoisotopic (exact) mass is 304 g/mol. The molecule has 2 amide bonds. The predicted octanol–water partition coefficient (Wildman–Crippen LogP) is 3.00. The maximum atomic E-state index is 12.7. The Morgan fingerprint density at radius 1 is 1.33 bits per heavy atom. The van der Waals surface area contributed by atoms with E-state index in [9.17, 15) is 22.8 Å². The molecule has 1 aromatic carbocycles. The second-order valence-electron chi connectivity index (χ2n) is 4.42. The molecule has 0 radical (unpaired) electrons. The van der Waals surface area contributed by atoms with E-state index in [2.05, 4.69) is 10.6 Å². The molecule has 0 saturated heterocycles. The summed E-state index contributed by atoms with van der Waals surface area (Å²) in [5, 5.41) is 13.1. The fourth-order valence-electron chi connectivity index (χ4n) is 1.67. The van der Waals surface area contributed by atoms with Crippen LogP contribution in [0.3, 0.4) is 0 Å². The molecule has 0 heterocycles. The molecule has 0 bridgehead atoms. The van der Waals surface area contributed by atoms with Crippen molar-refractivity contribution in [2.24, 2.45) is 0 Å². The summed E-state index contributed by atoms with van der Waals surface area (Å²) in [6.07, 6.45) is -4.37. The first-order valence-corrected chi connectivity index (χ1v) is 6.13. The van der Waals surface area contributed by atoms with Crippen LogP contribution in [-0.4, -0.2) is 23.1 Å². The summed E-state index contributed by atoms with van der Waals surface area (Å²) in [5.74, 6) is -1.22. The van der Waals surface area contributed by atoms with Gasteiger partial charge in [0, 0.05) is 5.69 Å². The van der Waals surface area contributed by atoms with Crippen LogP contribution in [0.2, 0.25) is 0 Å². The van der Waals surface area contributed by atoms with Gasteiger partial charge in [-0.05, 0) is 31.0 Å². The minimum absolute atomic E-state index is 0.0328. The van der Waals surface area contributed by atoms with E-state index in [1.54, 1.807) is 6.92 Å². The molecule has 0 aliphatic rings. The number of aliphatic carboxylic acids is 1. The zero-order valence-corrected chi connectivity index (χ0v) is 11.4. The van der Waals surface area contributed by atoms with Crippen LogP contribution < -0.4 is 10.6 Å². The van der Waals surface area contributed by atoms with Crippen LogP contribution >= 0.6 is 0 Å². The Morgan fingerprint density at radius 3 is 2.43 bits per heavy atom. The van der Waals surface area contributed by atoms with E-state index in [-0.39, 0.29) is 17.7 Å². The first-order valence-electron chi connectivity index (χ1n) is 6.13. The quantitative estimate of drug-likeness (QED) is 0.800. The highest BCUT2D eigenvalue weighted by atomic mass is 19.4. The number of carboxylic acids is 1. The Balaban J connectivity index is 2.84. The molecule has 0 aliphatic heterocycles. The van der Waals surface area contributed by atoms with E-state index in [4.69, 9.17) is 5.11 Å². The van der Waals surface area contributed by atoms with Gasteiger partial charge in [-0.2, -0.15) is 13.2 Å². The number of rotatable bonds is 4. The van der Waals surface area contributed by atoms with Gasteiger partial charge in [0.1, 0.15) is 6.04 Å². The van der Waals surface area contributed by atoms with E-state index in [0.29, 0.717) is 0 Å². The maximum absolute atomic E-state index is 12.7. The number of nitrogens with one attached hydrogen (secondary N) is 2. The molecule has 116 valence electrons. The van der Waals surface area contributed by atoms with E-state index in [1.165, 1.54) is 19.1 Å². The zero-order chi connectivity index (χ0) is 16.2. The second kappa shape index (κ2) is 6.47. The number of carbonyl (C=O) groups excluding carboxylic acids is 1. The second-order valence-corrected chi connectivity index (χ2v) is 4.42. The third-order valence-electron chi connectivity index (χ3n) is 2.81. The summed E-state index contributed by atoms with van der Waals surface area (Å²) in [6.45, 7) is 2.87. The minimum Gasteiger partial charge on any atom is -0.480 e. The standard InChI is InChI=1S/C13H15F3N2O3/c1-3-10(11(19)20)18-12(21)17-8-5-4-7(2)9(6-8)13(14,15)16/h4-6,10H,3H2,1-2H3,(H,19,20)(H2,17,18,21)/t10-/m0/s1. The van der Waals surface area contributed by atoms with Gasteiger partial charge >= 0.3 is 18.2 Å². The number of urea groups is 1. The van der Waals surface area contributed by atoms with Gasteiger partial charge in [0.05, 0.1) is 5.56 Å². The lowest BCUT2D eigenvalue weighted by Crippen LogP contribution is -2.42. The Bertz CT molecular complexity index is 544. The third kappa shape index (κ3) is 4.66. The maximum Gasteiger partial charge on any atom is 0.416 e. The number of carboxylic acid groups (broad SMARTS) is 1. The van der Waals surface area contributed by atoms with Crippen molar-refractivity contribution >= 4 is 17.7 Å². The number of hydrogen-bond donors (Lipinski definition) is 3. The summed E-state index contributed by atoms with van der Waals surface area (Å²) in [6, 6.07) is 1.37. The smallest absolute Gasteiger partial charge is 0.416 e. The van der Waals surface area contributed by atoms with Crippen LogP contribution in [0.4, 0.5) is 23.7 Å². The molecule has 0 saturated carbocycles. The molecule has 3 N–H and O–H groups in total. The highest BCUT2D eigenvalue weighted by molar-refractivity contribution is 5.92. The molecule has 5 nitrogen and oxygen atoms in total. The van der Waals surface area contributed by atoms with Crippen molar-refractivity contribution in [2.75, 3.05) is 5.32 Å². The van der Waals surface area contributed by atoms with Crippen LogP contribution in [0.15, 0.2) is 18.2 Å². The molecule has 1 atom stereocenters. The van der Waals surface area contributed by atoms with E-state index >= 15 is 0 Å². The number of halogens is 3. The summed E-state index contributed by atoms with van der Waals surface area (Å²) in [5.41, 5.74) is -0.887. The molecule has 0 fully saturated rings. The molecule has 8 heteroatoms. The molecule has 0 spiro atoms. The average molecular weight is 304 g/mol. The Kier molecular flexibility index (Phi) is 5.17. The number of amides is 2. The van der Waals surface area contributed by atoms with Crippen LogP contribution in [-0.2, 0) is 11.0 Å². The van der Waals surface area contributed by atoms with Gasteiger partial charge in [-0.15, -0.1) is 0 Å². The number of anilines is 1. The van der Waals surface area contributed by atoms with Crippen molar-refractivity contribution in [3.8, 4) is 0 Å².